The van der Waals surface area contributed by atoms with Gasteiger partial charge < -0.3 is 14.5 Å². The van der Waals surface area contributed by atoms with Crippen LogP contribution in [0.2, 0.25) is 0 Å². The van der Waals surface area contributed by atoms with Crippen molar-refractivity contribution in [3.8, 4) is 0 Å². The number of allylic oxidation sites excluding steroid dienone is 1. The Hall–Kier alpha value is -0.900. The van der Waals surface area contributed by atoms with Gasteiger partial charge in [0.15, 0.2) is 0 Å². The van der Waals surface area contributed by atoms with E-state index in [0.717, 1.165) is 6.08 Å². The summed E-state index contributed by atoms with van der Waals surface area (Å²) in [5.74, 6) is -0.715. The maximum atomic E-state index is 10.7. The van der Waals surface area contributed by atoms with E-state index in [1.807, 2.05) is 0 Å². The van der Waals surface area contributed by atoms with Gasteiger partial charge >= 0.3 is 13.6 Å². The van der Waals surface area contributed by atoms with Crippen LogP contribution in [0.15, 0.2) is 24.0 Å². The van der Waals surface area contributed by atoms with Gasteiger partial charge in [-0.05, 0) is 6.92 Å². The van der Waals surface area contributed by atoms with Gasteiger partial charge in [0.2, 0.25) is 0 Å². The Morgan fingerprint density at radius 3 is 2.46 bits per heavy atom. The largest absolute Gasteiger partial charge is 0.457 e. The van der Waals surface area contributed by atoms with Crippen molar-refractivity contribution in [2.24, 2.45) is 0 Å². The normalized spacial score (nSPS) is 12.4. The molecule has 0 amide bonds. The summed E-state index contributed by atoms with van der Waals surface area (Å²) in [4.78, 5) is 27.9. The molecule has 2 N–H and O–H groups in total. The first-order valence-electron chi connectivity index (χ1n) is 3.42. The van der Waals surface area contributed by atoms with E-state index < -0.39 is 20.2 Å². The van der Waals surface area contributed by atoms with Crippen molar-refractivity contribution < 1.29 is 23.9 Å². The molecule has 0 aromatic carbocycles. The van der Waals surface area contributed by atoms with Gasteiger partial charge in [-0.2, -0.15) is 0 Å². The van der Waals surface area contributed by atoms with E-state index in [1.165, 1.54) is 13.0 Å². The molecular formula is C7H11O5P. The molecule has 0 unspecified atom stereocenters. The average molecular weight is 206 g/mol. The highest BCUT2D eigenvalue weighted by Gasteiger charge is 2.20. The molecule has 0 aliphatic heterocycles. The number of hydrogen-bond acceptors (Lipinski definition) is 3. The molecule has 0 aromatic rings. The van der Waals surface area contributed by atoms with Crippen LogP contribution in [-0.4, -0.2) is 22.4 Å². The Labute approximate surface area is 75.9 Å². The van der Waals surface area contributed by atoms with E-state index in [-0.39, 0.29) is 5.31 Å². The Kier molecular flexibility index (Phi) is 4.62. The van der Waals surface area contributed by atoms with Crippen LogP contribution in [0.5, 0.6) is 0 Å². The third-order valence-corrected chi connectivity index (χ3v) is 2.37. The number of carbonyl (C=O) groups excluding carboxylic acids is 1. The first kappa shape index (κ1) is 12.1. The maximum Gasteiger partial charge on any atom is 0.355 e. The Morgan fingerprint density at radius 1 is 1.62 bits per heavy atom. The van der Waals surface area contributed by atoms with Crippen LogP contribution in [0.4, 0.5) is 0 Å². The standard InChI is InChI=1S/C7H11O5P/c1-3-6(13(9,10)11)5-12-7(8)4-2/h3-4H,2,5H2,1H3,(H2,9,10,11). The molecule has 0 spiro atoms. The summed E-state index contributed by atoms with van der Waals surface area (Å²) in [6, 6.07) is 0. The van der Waals surface area contributed by atoms with E-state index in [2.05, 4.69) is 11.3 Å². The Morgan fingerprint density at radius 2 is 2.15 bits per heavy atom. The second-order valence-electron chi connectivity index (χ2n) is 2.14. The second kappa shape index (κ2) is 4.97. The van der Waals surface area contributed by atoms with Gasteiger partial charge in [-0.3, -0.25) is 4.57 Å². The molecular weight excluding hydrogens is 195 g/mol. The van der Waals surface area contributed by atoms with Crippen molar-refractivity contribution in [3.63, 3.8) is 0 Å². The minimum Gasteiger partial charge on any atom is -0.457 e. The topological polar surface area (TPSA) is 83.8 Å². The fourth-order valence-corrected chi connectivity index (χ4v) is 1.11. The zero-order valence-corrected chi connectivity index (χ0v) is 8.03. The van der Waals surface area contributed by atoms with Crippen molar-refractivity contribution in [1.82, 2.24) is 0 Å². The quantitative estimate of drug-likeness (QED) is 0.403. The molecule has 0 heterocycles. The van der Waals surface area contributed by atoms with Crippen molar-refractivity contribution in [1.29, 1.82) is 0 Å². The number of ether oxygens (including phenoxy) is 1. The smallest absolute Gasteiger partial charge is 0.355 e. The van der Waals surface area contributed by atoms with E-state index in [1.54, 1.807) is 0 Å². The van der Waals surface area contributed by atoms with Gasteiger partial charge in [-0.15, -0.1) is 0 Å². The van der Waals surface area contributed by atoms with Crippen LogP contribution >= 0.6 is 7.60 Å². The average Bonchev–Trinajstić information content (AvgIpc) is 2.02. The van der Waals surface area contributed by atoms with Crippen molar-refractivity contribution in [2.45, 2.75) is 6.92 Å². The summed E-state index contributed by atoms with van der Waals surface area (Å²) < 4.78 is 15.1. The lowest BCUT2D eigenvalue weighted by molar-refractivity contribution is -0.136. The first-order chi connectivity index (χ1) is 5.91. The molecule has 13 heavy (non-hydrogen) atoms. The van der Waals surface area contributed by atoms with Crippen LogP contribution in [0.25, 0.3) is 0 Å². The van der Waals surface area contributed by atoms with Crippen LogP contribution in [0, 0.1) is 0 Å². The highest BCUT2D eigenvalue weighted by atomic mass is 31.2. The first-order valence-corrected chi connectivity index (χ1v) is 5.03. The molecule has 0 aliphatic rings. The minimum atomic E-state index is -4.29. The van der Waals surface area contributed by atoms with E-state index in [4.69, 9.17) is 9.79 Å². The molecule has 0 rings (SSSR count). The van der Waals surface area contributed by atoms with E-state index in [0.29, 0.717) is 0 Å². The van der Waals surface area contributed by atoms with Gasteiger partial charge in [0.05, 0.1) is 5.31 Å². The van der Waals surface area contributed by atoms with Crippen LogP contribution in [-0.2, 0) is 14.1 Å². The Bertz CT molecular complexity index is 275. The summed E-state index contributed by atoms with van der Waals surface area (Å²) in [5, 5.41) is -0.220. The third-order valence-electron chi connectivity index (χ3n) is 1.24. The SMILES string of the molecule is C=CC(=O)OCC(=CC)P(=O)(O)O. The molecule has 0 aromatic heterocycles. The fourth-order valence-electron chi connectivity index (χ4n) is 0.540. The highest BCUT2D eigenvalue weighted by molar-refractivity contribution is 7.56. The fraction of sp³-hybridized carbons (Fsp3) is 0.286. The molecule has 0 atom stereocenters. The van der Waals surface area contributed by atoms with Gasteiger partial charge in [0, 0.05) is 6.08 Å². The Balaban J connectivity index is 4.27. The molecule has 6 heteroatoms. The van der Waals surface area contributed by atoms with Crippen molar-refractivity contribution >= 4 is 13.6 Å². The summed E-state index contributed by atoms with van der Waals surface area (Å²) in [6.45, 7) is 4.18. The summed E-state index contributed by atoms with van der Waals surface area (Å²) >= 11 is 0. The van der Waals surface area contributed by atoms with Crippen molar-refractivity contribution in [2.75, 3.05) is 6.61 Å². The lowest BCUT2D eigenvalue weighted by atomic mass is 10.5. The predicted molar refractivity (Wildman–Crippen MR) is 47.0 cm³/mol. The van der Waals surface area contributed by atoms with Gasteiger partial charge in [-0.25, -0.2) is 4.79 Å². The van der Waals surface area contributed by atoms with Gasteiger partial charge in [-0.1, -0.05) is 12.7 Å². The molecule has 0 saturated carbocycles. The number of rotatable bonds is 4. The third kappa shape index (κ3) is 4.62. The lowest BCUT2D eigenvalue weighted by Crippen LogP contribution is -2.04. The van der Waals surface area contributed by atoms with Gasteiger partial charge in [0.1, 0.15) is 6.61 Å². The summed E-state index contributed by atoms with van der Waals surface area (Å²) in [5.41, 5.74) is 0. The molecule has 0 fully saturated rings. The van der Waals surface area contributed by atoms with Crippen LogP contribution in [0.1, 0.15) is 6.92 Å². The second-order valence-corrected chi connectivity index (χ2v) is 3.80. The monoisotopic (exact) mass is 206 g/mol. The minimum absolute atomic E-state index is 0.220. The molecule has 0 bridgehead atoms. The zero-order valence-electron chi connectivity index (χ0n) is 7.14. The van der Waals surface area contributed by atoms with Crippen LogP contribution < -0.4 is 0 Å². The molecule has 0 radical (unpaired) electrons. The zero-order chi connectivity index (χ0) is 10.5. The summed E-state index contributed by atoms with van der Waals surface area (Å²) in [7, 11) is -4.29. The molecule has 0 saturated heterocycles. The lowest BCUT2D eigenvalue weighted by Gasteiger charge is -2.08. The van der Waals surface area contributed by atoms with Crippen molar-refractivity contribution in [3.05, 3.63) is 24.0 Å². The molecule has 5 nitrogen and oxygen atoms in total. The molecule has 0 aliphatic carbocycles. The number of carbonyl (C=O) groups is 1. The highest BCUT2D eigenvalue weighted by Crippen LogP contribution is 2.44. The number of hydrogen-bond donors (Lipinski definition) is 2. The van der Waals surface area contributed by atoms with E-state index >= 15 is 0 Å². The summed E-state index contributed by atoms with van der Waals surface area (Å²) in [6.07, 6.45) is 2.14. The van der Waals surface area contributed by atoms with E-state index in [9.17, 15) is 9.36 Å². The molecule has 74 valence electrons. The predicted octanol–water partition coefficient (Wildman–Crippen LogP) is 0.797. The maximum absolute atomic E-state index is 10.7. The van der Waals surface area contributed by atoms with Gasteiger partial charge in [0.25, 0.3) is 0 Å². The number of esters is 1. The van der Waals surface area contributed by atoms with Crippen LogP contribution in [0.3, 0.4) is 0 Å².